The quantitative estimate of drug-likeness (QED) is 0.615. The number of fused-ring (bicyclic) bond motifs is 3. The van der Waals surface area contributed by atoms with Gasteiger partial charge in [0.2, 0.25) is 0 Å². The molecule has 1 fully saturated rings. The maximum atomic E-state index is 13.2. The summed E-state index contributed by atoms with van der Waals surface area (Å²) in [6.45, 7) is 6.17. The van der Waals surface area contributed by atoms with E-state index in [1.165, 1.54) is 0 Å². The van der Waals surface area contributed by atoms with Gasteiger partial charge >= 0.3 is 0 Å². The molecule has 0 bridgehead atoms. The summed E-state index contributed by atoms with van der Waals surface area (Å²) in [5.74, 6) is 1.92. The molecule has 2 aliphatic heterocycles. The van der Waals surface area contributed by atoms with E-state index in [4.69, 9.17) is 9.47 Å². The minimum atomic E-state index is 0.115. The van der Waals surface area contributed by atoms with Crippen LogP contribution < -0.4 is 14.4 Å². The number of thiophene rings is 1. The molecule has 1 aromatic heterocycles. The predicted octanol–water partition coefficient (Wildman–Crippen LogP) is 4.67. The zero-order valence-corrected chi connectivity index (χ0v) is 17.8. The van der Waals surface area contributed by atoms with Crippen LogP contribution in [0.2, 0.25) is 0 Å². The minimum absolute atomic E-state index is 0.115. The number of rotatable bonds is 4. The molecule has 3 aromatic rings. The van der Waals surface area contributed by atoms with Crippen LogP contribution in [0.4, 0.5) is 5.69 Å². The number of amides is 1. The summed E-state index contributed by atoms with van der Waals surface area (Å²) in [6, 6.07) is 18.2. The lowest BCUT2D eigenvalue weighted by molar-refractivity contribution is 0.0751. The van der Waals surface area contributed by atoms with Gasteiger partial charge in [0.25, 0.3) is 5.91 Å². The van der Waals surface area contributed by atoms with Crippen LogP contribution in [0.3, 0.4) is 0 Å². The molecule has 0 aliphatic carbocycles. The highest BCUT2D eigenvalue weighted by Gasteiger charge is 2.27. The summed E-state index contributed by atoms with van der Waals surface area (Å²) in [5, 5.41) is 0. The van der Waals surface area contributed by atoms with Crippen LogP contribution in [-0.2, 0) is 6.61 Å². The van der Waals surface area contributed by atoms with Crippen LogP contribution in [0.5, 0.6) is 11.5 Å². The van der Waals surface area contributed by atoms with E-state index in [0.717, 1.165) is 51.2 Å². The van der Waals surface area contributed by atoms with Crippen LogP contribution in [0.1, 0.15) is 22.2 Å². The normalized spacial score (nSPS) is 15.2. The van der Waals surface area contributed by atoms with Crippen molar-refractivity contribution in [2.45, 2.75) is 13.5 Å². The standard InChI is InChI=1S/C24H24N2O3S/c1-2-28-21-10-6-4-8-19(21)25-11-13-26(14-12-25)24(27)22-15-17-16-29-20-9-5-3-7-18(20)23(17)30-22/h3-10,15H,2,11-14,16H2,1H3. The summed E-state index contributed by atoms with van der Waals surface area (Å²) in [6.07, 6.45) is 0. The van der Waals surface area contributed by atoms with Crippen molar-refractivity contribution in [2.24, 2.45) is 0 Å². The second kappa shape index (κ2) is 8.03. The average molecular weight is 421 g/mol. The highest BCUT2D eigenvalue weighted by molar-refractivity contribution is 7.17. The maximum Gasteiger partial charge on any atom is 0.264 e. The zero-order valence-electron chi connectivity index (χ0n) is 17.0. The lowest BCUT2D eigenvalue weighted by Crippen LogP contribution is -2.48. The molecule has 5 rings (SSSR count). The number of piperazine rings is 1. The highest BCUT2D eigenvalue weighted by Crippen LogP contribution is 2.42. The maximum absolute atomic E-state index is 13.2. The molecule has 0 radical (unpaired) electrons. The van der Waals surface area contributed by atoms with Gasteiger partial charge in [-0.1, -0.05) is 24.3 Å². The van der Waals surface area contributed by atoms with Crippen molar-refractivity contribution in [1.82, 2.24) is 4.90 Å². The number of benzene rings is 2. The summed E-state index contributed by atoms with van der Waals surface area (Å²) >= 11 is 1.58. The second-order valence-electron chi connectivity index (χ2n) is 7.43. The van der Waals surface area contributed by atoms with E-state index in [2.05, 4.69) is 17.0 Å². The van der Waals surface area contributed by atoms with Gasteiger partial charge in [-0.05, 0) is 37.3 Å². The molecule has 1 saturated heterocycles. The van der Waals surface area contributed by atoms with Crippen LogP contribution in [0.25, 0.3) is 10.4 Å². The Hall–Kier alpha value is -2.99. The molecule has 0 unspecified atom stereocenters. The molecule has 0 atom stereocenters. The lowest BCUT2D eigenvalue weighted by Gasteiger charge is -2.36. The van der Waals surface area contributed by atoms with Gasteiger partial charge in [0.15, 0.2) is 0 Å². The van der Waals surface area contributed by atoms with Crippen LogP contribution >= 0.6 is 11.3 Å². The SMILES string of the molecule is CCOc1ccccc1N1CCN(C(=O)c2cc3c(s2)-c2ccccc2OC3)CC1. The third-order valence-corrected chi connectivity index (χ3v) is 6.81. The van der Waals surface area contributed by atoms with Crippen molar-refractivity contribution in [2.75, 3.05) is 37.7 Å². The van der Waals surface area contributed by atoms with Gasteiger partial charge in [0.05, 0.1) is 17.2 Å². The molecule has 2 aliphatic rings. The van der Waals surface area contributed by atoms with Crippen LogP contribution in [0, 0.1) is 0 Å². The monoisotopic (exact) mass is 420 g/mol. The lowest BCUT2D eigenvalue weighted by atomic mass is 10.1. The first-order valence-corrected chi connectivity index (χ1v) is 11.2. The first-order valence-electron chi connectivity index (χ1n) is 10.4. The van der Waals surface area contributed by atoms with Gasteiger partial charge in [-0.2, -0.15) is 0 Å². The van der Waals surface area contributed by atoms with E-state index >= 15 is 0 Å². The molecule has 0 spiro atoms. The third-order valence-electron chi connectivity index (χ3n) is 5.61. The van der Waals surface area contributed by atoms with Crippen molar-refractivity contribution >= 4 is 22.9 Å². The van der Waals surface area contributed by atoms with Gasteiger partial charge in [-0.15, -0.1) is 11.3 Å². The Morgan fingerprint density at radius 1 is 1.07 bits per heavy atom. The predicted molar refractivity (Wildman–Crippen MR) is 120 cm³/mol. The van der Waals surface area contributed by atoms with Gasteiger partial charge in [0, 0.05) is 42.2 Å². The molecule has 0 N–H and O–H groups in total. The first kappa shape index (κ1) is 19.0. The fourth-order valence-electron chi connectivity index (χ4n) is 4.11. The second-order valence-corrected chi connectivity index (χ2v) is 8.48. The van der Waals surface area contributed by atoms with Gasteiger partial charge in [0.1, 0.15) is 18.1 Å². The van der Waals surface area contributed by atoms with E-state index in [1.54, 1.807) is 11.3 Å². The molecular formula is C24H24N2O3S. The molecule has 30 heavy (non-hydrogen) atoms. The van der Waals surface area contributed by atoms with Crippen molar-refractivity contribution in [3.05, 3.63) is 65.0 Å². The Labute approximate surface area is 180 Å². The fraction of sp³-hybridized carbons (Fsp3) is 0.292. The van der Waals surface area contributed by atoms with Crippen molar-refractivity contribution in [3.63, 3.8) is 0 Å². The van der Waals surface area contributed by atoms with Crippen molar-refractivity contribution in [3.8, 4) is 21.9 Å². The Balaban J connectivity index is 1.30. The number of carbonyl (C=O) groups excluding carboxylic acids is 1. The Bertz CT molecular complexity index is 1070. The number of hydrogen-bond donors (Lipinski definition) is 0. The molecule has 6 heteroatoms. The summed E-state index contributed by atoms with van der Waals surface area (Å²) in [5.41, 5.74) is 3.29. The highest BCUT2D eigenvalue weighted by atomic mass is 32.1. The third kappa shape index (κ3) is 3.41. The van der Waals surface area contributed by atoms with Gasteiger partial charge in [-0.3, -0.25) is 4.79 Å². The zero-order chi connectivity index (χ0) is 20.5. The Morgan fingerprint density at radius 2 is 1.83 bits per heavy atom. The fourth-order valence-corrected chi connectivity index (χ4v) is 5.27. The van der Waals surface area contributed by atoms with Crippen LogP contribution in [-0.4, -0.2) is 43.6 Å². The Morgan fingerprint density at radius 3 is 2.67 bits per heavy atom. The number of nitrogens with zero attached hydrogens (tertiary/aromatic N) is 2. The molecular weight excluding hydrogens is 396 g/mol. The number of para-hydroxylation sites is 3. The Kier molecular flexibility index (Phi) is 5.09. The number of carbonyl (C=O) groups is 1. The molecule has 0 saturated carbocycles. The topological polar surface area (TPSA) is 42.0 Å². The molecule has 1 amide bonds. The van der Waals surface area contributed by atoms with Crippen molar-refractivity contribution < 1.29 is 14.3 Å². The average Bonchev–Trinajstić information content (AvgIpc) is 3.24. The van der Waals surface area contributed by atoms with E-state index in [9.17, 15) is 4.79 Å². The molecule has 154 valence electrons. The molecule has 5 nitrogen and oxygen atoms in total. The smallest absolute Gasteiger partial charge is 0.264 e. The summed E-state index contributed by atoms with van der Waals surface area (Å²) < 4.78 is 11.6. The number of anilines is 1. The number of ether oxygens (including phenoxy) is 2. The van der Waals surface area contributed by atoms with Crippen molar-refractivity contribution in [1.29, 1.82) is 0 Å². The summed E-state index contributed by atoms with van der Waals surface area (Å²) in [7, 11) is 0. The largest absolute Gasteiger partial charge is 0.492 e. The molecule has 3 heterocycles. The van der Waals surface area contributed by atoms with Gasteiger partial charge < -0.3 is 19.3 Å². The first-order chi connectivity index (χ1) is 14.7. The van der Waals surface area contributed by atoms with Gasteiger partial charge in [-0.25, -0.2) is 0 Å². The van der Waals surface area contributed by atoms with E-state index < -0.39 is 0 Å². The molecule has 2 aromatic carbocycles. The number of hydrogen-bond acceptors (Lipinski definition) is 5. The van der Waals surface area contributed by atoms with E-state index in [-0.39, 0.29) is 5.91 Å². The van der Waals surface area contributed by atoms with E-state index in [0.29, 0.717) is 26.3 Å². The minimum Gasteiger partial charge on any atom is -0.492 e. The van der Waals surface area contributed by atoms with Crippen LogP contribution in [0.15, 0.2) is 54.6 Å². The van der Waals surface area contributed by atoms with E-state index in [1.807, 2.05) is 54.3 Å². The summed E-state index contributed by atoms with van der Waals surface area (Å²) in [4.78, 5) is 19.4.